The number of halogens is 2. The number of piperazine rings is 1. The molecule has 2 aromatic carbocycles. The number of sulfonamides is 1. The van der Waals surface area contributed by atoms with Crippen molar-refractivity contribution < 1.29 is 31.5 Å². The Morgan fingerprint density at radius 2 is 1.77 bits per heavy atom. The van der Waals surface area contributed by atoms with Crippen molar-refractivity contribution in [2.45, 2.75) is 17.9 Å². The third kappa shape index (κ3) is 3.98. The number of ether oxygens (including phenoxy) is 1. The van der Waals surface area contributed by atoms with E-state index in [0.717, 1.165) is 12.1 Å². The Kier molecular flexibility index (Phi) is 5.40. The zero-order chi connectivity index (χ0) is 22.3. The van der Waals surface area contributed by atoms with Crippen molar-refractivity contribution in [1.82, 2.24) is 9.21 Å². The van der Waals surface area contributed by atoms with E-state index in [1.54, 1.807) is 6.92 Å². The van der Waals surface area contributed by atoms with Crippen LogP contribution in [-0.2, 0) is 14.8 Å². The molecule has 0 aromatic heterocycles. The highest BCUT2D eigenvalue weighted by Gasteiger charge is 2.32. The van der Waals surface area contributed by atoms with Crippen molar-refractivity contribution in [1.29, 1.82) is 0 Å². The summed E-state index contributed by atoms with van der Waals surface area (Å²) in [6, 6.07) is 7.12. The molecule has 0 bridgehead atoms. The molecule has 164 valence electrons. The van der Waals surface area contributed by atoms with E-state index in [0.29, 0.717) is 5.75 Å². The minimum absolute atomic E-state index is 0.00476. The number of amides is 2. The van der Waals surface area contributed by atoms with Crippen LogP contribution in [0.15, 0.2) is 41.3 Å². The maximum atomic E-state index is 13.4. The van der Waals surface area contributed by atoms with Gasteiger partial charge in [-0.25, -0.2) is 17.2 Å². The topological polar surface area (TPSA) is 96.0 Å². The predicted molar refractivity (Wildman–Crippen MR) is 106 cm³/mol. The van der Waals surface area contributed by atoms with Gasteiger partial charge >= 0.3 is 0 Å². The molecular weight excluding hydrogens is 432 g/mol. The Morgan fingerprint density at radius 1 is 1.06 bits per heavy atom. The molecule has 0 aliphatic carbocycles. The summed E-state index contributed by atoms with van der Waals surface area (Å²) in [6.07, 6.45) is -0.671. The lowest BCUT2D eigenvalue weighted by Gasteiger charge is -2.34. The molecule has 0 spiro atoms. The second-order valence-electron chi connectivity index (χ2n) is 7.23. The number of hydrogen-bond acceptors (Lipinski definition) is 5. The van der Waals surface area contributed by atoms with E-state index in [4.69, 9.17) is 4.74 Å². The summed E-state index contributed by atoms with van der Waals surface area (Å²) in [7, 11) is -3.87. The minimum atomic E-state index is -3.87. The molecule has 1 atom stereocenters. The molecular formula is C20H19F2N3O5S. The third-order valence-electron chi connectivity index (χ3n) is 5.21. The van der Waals surface area contributed by atoms with Gasteiger partial charge < -0.3 is 15.0 Å². The van der Waals surface area contributed by atoms with Gasteiger partial charge in [-0.05, 0) is 43.3 Å². The highest BCUT2D eigenvalue weighted by atomic mass is 32.2. The molecule has 2 aliphatic heterocycles. The monoisotopic (exact) mass is 451 g/mol. The van der Waals surface area contributed by atoms with Gasteiger partial charge in [0.2, 0.25) is 10.0 Å². The fraction of sp³-hybridized carbons (Fsp3) is 0.300. The van der Waals surface area contributed by atoms with Crippen molar-refractivity contribution in [2.24, 2.45) is 0 Å². The molecule has 4 rings (SSSR count). The molecule has 0 unspecified atom stereocenters. The van der Waals surface area contributed by atoms with Crippen molar-refractivity contribution >= 4 is 27.5 Å². The number of nitrogens with zero attached hydrogens (tertiary/aromatic N) is 2. The zero-order valence-corrected chi connectivity index (χ0v) is 17.3. The average Bonchev–Trinajstić information content (AvgIpc) is 2.75. The molecule has 11 heteroatoms. The highest BCUT2D eigenvalue weighted by molar-refractivity contribution is 7.89. The van der Waals surface area contributed by atoms with Gasteiger partial charge in [0.1, 0.15) is 5.75 Å². The first-order valence-corrected chi connectivity index (χ1v) is 11.0. The first-order chi connectivity index (χ1) is 14.7. The Bertz CT molecular complexity index is 1160. The number of rotatable bonds is 3. The fourth-order valence-corrected chi connectivity index (χ4v) is 4.89. The summed E-state index contributed by atoms with van der Waals surface area (Å²) in [6.45, 7) is 1.85. The number of fused-ring (bicyclic) bond motifs is 1. The van der Waals surface area contributed by atoms with Gasteiger partial charge in [0, 0.05) is 31.7 Å². The molecule has 31 heavy (non-hydrogen) atoms. The number of carbonyl (C=O) groups excluding carboxylic acids is 2. The normalized spacial score (nSPS) is 19.4. The van der Waals surface area contributed by atoms with Crippen LogP contribution in [0, 0.1) is 11.6 Å². The second-order valence-corrected chi connectivity index (χ2v) is 9.17. The van der Waals surface area contributed by atoms with Gasteiger partial charge in [0.15, 0.2) is 17.7 Å². The van der Waals surface area contributed by atoms with Crippen molar-refractivity contribution in [3.8, 4) is 5.75 Å². The molecule has 1 N–H and O–H groups in total. The van der Waals surface area contributed by atoms with Crippen LogP contribution in [0.2, 0.25) is 0 Å². The summed E-state index contributed by atoms with van der Waals surface area (Å²) in [5, 5.41) is 2.62. The smallest absolute Gasteiger partial charge is 0.265 e. The van der Waals surface area contributed by atoms with Gasteiger partial charge in [0.05, 0.1) is 10.6 Å². The molecule has 2 amide bonds. The Hall–Kier alpha value is -3.05. The van der Waals surface area contributed by atoms with Crippen LogP contribution in [0.5, 0.6) is 5.75 Å². The van der Waals surface area contributed by atoms with Gasteiger partial charge in [-0.1, -0.05) is 0 Å². The summed E-state index contributed by atoms with van der Waals surface area (Å²) in [5.41, 5.74) is 0.270. The van der Waals surface area contributed by atoms with E-state index in [1.807, 2.05) is 0 Å². The number of anilines is 1. The first-order valence-electron chi connectivity index (χ1n) is 9.53. The first kappa shape index (κ1) is 21.2. The number of nitrogens with one attached hydrogen (secondary N) is 1. The lowest BCUT2D eigenvalue weighted by molar-refractivity contribution is -0.122. The molecule has 8 nitrogen and oxygen atoms in total. The maximum Gasteiger partial charge on any atom is 0.265 e. The van der Waals surface area contributed by atoms with E-state index < -0.39 is 33.7 Å². The van der Waals surface area contributed by atoms with Gasteiger partial charge in [-0.3, -0.25) is 9.59 Å². The Morgan fingerprint density at radius 3 is 2.45 bits per heavy atom. The van der Waals surface area contributed by atoms with Crippen molar-refractivity contribution in [3.63, 3.8) is 0 Å². The largest absolute Gasteiger partial charge is 0.479 e. The molecule has 2 aromatic rings. The van der Waals surface area contributed by atoms with Gasteiger partial charge in [-0.2, -0.15) is 4.31 Å². The van der Waals surface area contributed by atoms with E-state index in [1.165, 1.54) is 33.5 Å². The van der Waals surface area contributed by atoms with Crippen molar-refractivity contribution in [3.05, 3.63) is 53.6 Å². The number of carbonyl (C=O) groups is 2. The fourth-order valence-electron chi connectivity index (χ4n) is 3.44. The van der Waals surface area contributed by atoms with E-state index in [2.05, 4.69) is 5.32 Å². The molecule has 0 radical (unpaired) electrons. The second kappa shape index (κ2) is 7.89. The lowest BCUT2D eigenvalue weighted by atomic mass is 10.1. The lowest BCUT2D eigenvalue weighted by Crippen LogP contribution is -2.50. The molecule has 2 heterocycles. The van der Waals surface area contributed by atoms with Crippen LogP contribution in [0.25, 0.3) is 0 Å². The van der Waals surface area contributed by atoms with E-state index >= 15 is 0 Å². The van der Waals surface area contributed by atoms with Crippen LogP contribution >= 0.6 is 0 Å². The summed E-state index contributed by atoms with van der Waals surface area (Å²) >= 11 is 0. The third-order valence-corrected chi connectivity index (χ3v) is 7.11. The SMILES string of the molecule is C[C@@H]1Oc2ccc(S(=O)(=O)N3CCN(C(=O)c4ccc(F)c(F)c4)CC3)cc2NC1=O. The summed E-state index contributed by atoms with van der Waals surface area (Å²) in [5.74, 6) is -2.66. The van der Waals surface area contributed by atoms with Gasteiger partial charge in [-0.15, -0.1) is 0 Å². The van der Waals surface area contributed by atoms with Crippen LogP contribution in [0.1, 0.15) is 17.3 Å². The van der Waals surface area contributed by atoms with E-state index in [-0.39, 0.29) is 48.2 Å². The maximum absolute atomic E-state index is 13.4. The quantitative estimate of drug-likeness (QED) is 0.768. The van der Waals surface area contributed by atoms with Crippen LogP contribution < -0.4 is 10.1 Å². The standard InChI is InChI=1S/C20H19F2N3O5S/c1-12-19(26)23-17-11-14(3-5-18(17)30-12)31(28,29)25-8-6-24(7-9-25)20(27)13-2-4-15(21)16(22)10-13/h2-5,10-12H,6-9H2,1H3,(H,23,26)/t12-/m0/s1. The Balaban J connectivity index is 1.47. The summed E-state index contributed by atoms with van der Waals surface area (Å²) in [4.78, 5) is 25.7. The van der Waals surface area contributed by atoms with Gasteiger partial charge in [0.25, 0.3) is 11.8 Å². The van der Waals surface area contributed by atoms with Crippen molar-refractivity contribution in [2.75, 3.05) is 31.5 Å². The molecule has 1 fully saturated rings. The average molecular weight is 451 g/mol. The minimum Gasteiger partial charge on any atom is -0.479 e. The van der Waals surface area contributed by atoms with Crippen LogP contribution in [0.3, 0.4) is 0 Å². The van der Waals surface area contributed by atoms with Crippen LogP contribution in [0.4, 0.5) is 14.5 Å². The van der Waals surface area contributed by atoms with E-state index in [9.17, 15) is 26.8 Å². The highest BCUT2D eigenvalue weighted by Crippen LogP contribution is 2.33. The zero-order valence-electron chi connectivity index (χ0n) is 16.5. The predicted octanol–water partition coefficient (Wildman–Crippen LogP) is 1.83. The number of hydrogen-bond donors (Lipinski definition) is 1. The van der Waals surface area contributed by atoms with Crippen LogP contribution in [-0.4, -0.2) is 61.7 Å². The molecule has 2 aliphatic rings. The molecule has 0 saturated carbocycles. The molecule has 1 saturated heterocycles. The number of benzene rings is 2. The Labute approximate surface area is 177 Å². The summed E-state index contributed by atoms with van der Waals surface area (Å²) < 4.78 is 59.2.